The van der Waals surface area contributed by atoms with Crippen molar-refractivity contribution in [2.75, 3.05) is 26.7 Å². The number of carbonyl (C=O) groups is 1. The number of hydrogen-bond acceptors (Lipinski definition) is 3. The predicted octanol–water partition coefficient (Wildman–Crippen LogP) is 0.308. The van der Waals surface area contributed by atoms with Gasteiger partial charge in [-0.1, -0.05) is 0 Å². The molecule has 0 bridgehead atoms. The van der Waals surface area contributed by atoms with Gasteiger partial charge in [-0.25, -0.2) is 0 Å². The Morgan fingerprint density at radius 2 is 2.07 bits per heavy atom. The number of piperazine rings is 1. The fourth-order valence-corrected chi connectivity index (χ4v) is 1.80. The van der Waals surface area contributed by atoms with Gasteiger partial charge in [0, 0.05) is 31.7 Å². The second-order valence-electron chi connectivity index (χ2n) is 5.02. The summed E-state index contributed by atoms with van der Waals surface area (Å²) in [5, 5.41) is 0. The van der Waals surface area contributed by atoms with Crippen molar-refractivity contribution in [2.45, 2.75) is 32.4 Å². The van der Waals surface area contributed by atoms with Gasteiger partial charge in [0.2, 0.25) is 5.91 Å². The van der Waals surface area contributed by atoms with Gasteiger partial charge >= 0.3 is 0 Å². The van der Waals surface area contributed by atoms with Crippen LogP contribution in [0.1, 0.15) is 20.8 Å². The molecule has 1 atom stereocenters. The topological polar surface area (TPSA) is 49.6 Å². The van der Waals surface area contributed by atoms with E-state index in [0.29, 0.717) is 12.6 Å². The molecule has 0 aromatic heterocycles. The maximum absolute atomic E-state index is 11.5. The zero-order chi connectivity index (χ0) is 10.9. The molecule has 0 aromatic rings. The second kappa shape index (κ2) is 5.14. The first-order chi connectivity index (χ1) is 6.29. The highest BCUT2D eigenvalue weighted by molar-refractivity contribution is 5.85. The van der Waals surface area contributed by atoms with Crippen LogP contribution in [-0.2, 0) is 4.79 Å². The van der Waals surface area contributed by atoms with Crippen LogP contribution in [0.25, 0.3) is 0 Å². The third kappa shape index (κ3) is 4.36. The van der Waals surface area contributed by atoms with Crippen molar-refractivity contribution < 1.29 is 4.79 Å². The lowest BCUT2D eigenvalue weighted by Crippen LogP contribution is -2.58. The van der Waals surface area contributed by atoms with Crippen LogP contribution in [0, 0.1) is 0 Å². The maximum atomic E-state index is 11.5. The number of nitrogens with two attached hydrogens (primary N) is 1. The SMILES string of the molecule is CC1CN(C)C(=O)CN1CC(C)(C)N.Cl. The minimum absolute atomic E-state index is 0. The zero-order valence-corrected chi connectivity index (χ0v) is 10.8. The average molecular weight is 236 g/mol. The van der Waals surface area contributed by atoms with E-state index in [-0.39, 0.29) is 23.9 Å². The van der Waals surface area contributed by atoms with Crippen LogP contribution in [0.5, 0.6) is 0 Å². The van der Waals surface area contributed by atoms with Crippen molar-refractivity contribution in [2.24, 2.45) is 5.73 Å². The standard InChI is InChI=1S/C10H21N3O.ClH/c1-8-5-12(4)9(14)6-13(8)7-10(2,3)11;/h8H,5-7,11H2,1-4H3;1H. The molecule has 5 heteroatoms. The molecule has 1 rings (SSSR count). The first-order valence-electron chi connectivity index (χ1n) is 5.06. The molecule has 0 spiro atoms. The van der Waals surface area contributed by atoms with E-state index in [0.717, 1.165) is 13.1 Å². The van der Waals surface area contributed by atoms with Crippen LogP contribution < -0.4 is 5.73 Å². The van der Waals surface area contributed by atoms with E-state index in [1.54, 1.807) is 4.90 Å². The fourth-order valence-electron chi connectivity index (χ4n) is 1.80. The van der Waals surface area contributed by atoms with Crippen LogP contribution in [0.4, 0.5) is 0 Å². The zero-order valence-electron chi connectivity index (χ0n) is 9.99. The molecule has 1 saturated heterocycles. The van der Waals surface area contributed by atoms with E-state index < -0.39 is 0 Å². The second-order valence-corrected chi connectivity index (χ2v) is 5.02. The molecule has 90 valence electrons. The molecule has 0 saturated carbocycles. The molecule has 1 aliphatic rings. The Kier molecular flexibility index (Phi) is 5.03. The van der Waals surface area contributed by atoms with Crippen molar-refractivity contribution in [1.82, 2.24) is 9.80 Å². The Labute approximate surface area is 98.2 Å². The van der Waals surface area contributed by atoms with Gasteiger partial charge in [0.25, 0.3) is 0 Å². The average Bonchev–Trinajstić information content (AvgIpc) is 1.97. The van der Waals surface area contributed by atoms with Gasteiger partial charge in [0.1, 0.15) is 0 Å². The van der Waals surface area contributed by atoms with E-state index in [9.17, 15) is 4.79 Å². The summed E-state index contributed by atoms with van der Waals surface area (Å²) >= 11 is 0. The highest BCUT2D eigenvalue weighted by Crippen LogP contribution is 2.12. The van der Waals surface area contributed by atoms with Crippen LogP contribution in [0.15, 0.2) is 0 Å². The number of amides is 1. The molecule has 1 amide bonds. The first kappa shape index (κ1) is 14.7. The Bertz CT molecular complexity index is 227. The van der Waals surface area contributed by atoms with Gasteiger partial charge in [0.15, 0.2) is 0 Å². The van der Waals surface area contributed by atoms with E-state index in [2.05, 4.69) is 11.8 Å². The molecule has 0 aliphatic carbocycles. The third-order valence-corrected chi connectivity index (χ3v) is 2.54. The first-order valence-corrected chi connectivity index (χ1v) is 5.06. The smallest absolute Gasteiger partial charge is 0.236 e. The van der Waals surface area contributed by atoms with Gasteiger partial charge in [-0.15, -0.1) is 12.4 Å². The Morgan fingerprint density at radius 3 is 2.53 bits per heavy atom. The largest absolute Gasteiger partial charge is 0.343 e. The van der Waals surface area contributed by atoms with Crippen LogP contribution in [-0.4, -0.2) is 54.0 Å². The van der Waals surface area contributed by atoms with Gasteiger partial charge in [-0.2, -0.15) is 0 Å². The molecular formula is C10H22ClN3O. The van der Waals surface area contributed by atoms with Gasteiger partial charge in [0.05, 0.1) is 6.54 Å². The fraction of sp³-hybridized carbons (Fsp3) is 0.900. The summed E-state index contributed by atoms with van der Waals surface area (Å²) in [6, 6.07) is 0.403. The minimum Gasteiger partial charge on any atom is -0.343 e. The lowest BCUT2D eigenvalue weighted by Gasteiger charge is -2.40. The number of likely N-dealkylation sites (N-methyl/N-ethyl adjacent to an activating group) is 1. The number of hydrogen-bond donors (Lipinski definition) is 1. The Morgan fingerprint density at radius 1 is 1.53 bits per heavy atom. The van der Waals surface area contributed by atoms with Crippen molar-refractivity contribution in [3.05, 3.63) is 0 Å². The number of rotatable bonds is 2. The normalized spacial score (nSPS) is 23.9. The van der Waals surface area contributed by atoms with E-state index in [1.165, 1.54) is 0 Å². The quantitative estimate of drug-likeness (QED) is 0.750. The molecule has 1 fully saturated rings. The van der Waals surface area contributed by atoms with E-state index in [4.69, 9.17) is 5.73 Å². The maximum Gasteiger partial charge on any atom is 0.236 e. The van der Waals surface area contributed by atoms with Crippen LogP contribution in [0.2, 0.25) is 0 Å². The molecule has 1 heterocycles. The number of nitrogens with zero attached hydrogens (tertiary/aromatic N) is 2. The minimum atomic E-state index is -0.232. The summed E-state index contributed by atoms with van der Waals surface area (Å²) in [5.74, 6) is 0.187. The summed E-state index contributed by atoms with van der Waals surface area (Å²) in [5.41, 5.74) is 5.71. The monoisotopic (exact) mass is 235 g/mol. The van der Waals surface area contributed by atoms with Crippen molar-refractivity contribution in [3.63, 3.8) is 0 Å². The van der Waals surface area contributed by atoms with Gasteiger partial charge < -0.3 is 10.6 Å². The molecular weight excluding hydrogens is 214 g/mol. The van der Waals surface area contributed by atoms with Crippen molar-refractivity contribution in [3.8, 4) is 0 Å². The van der Waals surface area contributed by atoms with E-state index in [1.807, 2.05) is 20.9 Å². The highest BCUT2D eigenvalue weighted by atomic mass is 35.5. The summed E-state index contributed by atoms with van der Waals surface area (Å²) in [6.07, 6.45) is 0. The van der Waals surface area contributed by atoms with Crippen LogP contribution in [0.3, 0.4) is 0 Å². The molecule has 1 aliphatic heterocycles. The molecule has 2 N–H and O–H groups in total. The number of carbonyl (C=O) groups excluding carboxylic acids is 1. The lowest BCUT2D eigenvalue weighted by atomic mass is 10.0. The summed E-state index contributed by atoms with van der Waals surface area (Å²) < 4.78 is 0. The Balaban J connectivity index is 0.00000196. The van der Waals surface area contributed by atoms with Gasteiger partial charge in [-0.05, 0) is 20.8 Å². The molecule has 4 nitrogen and oxygen atoms in total. The molecule has 1 unspecified atom stereocenters. The lowest BCUT2D eigenvalue weighted by molar-refractivity contribution is -0.136. The third-order valence-electron chi connectivity index (χ3n) is 2.54. The van der Waals surface area contributed by atoms with Crippen molar-refractivity contribution in [1.29, 1.82) is 0 Å². The molecule has 0 aromatic carbocycles. The molecule has 15 heavy (non-hydrogen) atoms. The summed E-state index contributed by atoms with van der Waals surface area (Å²) in [6.45, 7) is 8.18. The highest BCUT2D eigenvalue weighted by Gasteiger charge is 2.29. The number of halogens is 1. The summed E-state index contributed by atoms with van der Waals surface area (Å²) in [4.78, 5) is 15.4. The predicted molar refractivity (Wildman–Crippen MR) is 64.2 cm³/mol. The van der Waals surface area contributed by atoms with Crippen molar-refractivity contribution >= 4 is 18.3 Å². The molecule has 0 radical (unpaired) electrons. The Hall–Kier alpha value is -0.320. The summed E-state index contributed by atoms with van der Waals surface area (Å²) in [7, 11) is 1.85. The van der Waals surface area contributed by atoms with E-state index >= 15 is 0 Å². The van der Waals surface area contributed by atoms with Gasteiger partial charge in [-0.3, -0.25) is 9.69 Å². The van der Waals surface area contributed by atoms with Crippen LogP contribution >= 0.6 is 12.4 Å².